The lowest BCUT2D eigenvalue weighted by atomic mass is 10.1. The summed E-state index contributed by atoms with van der Waals surface area (Å²) in [5.74, 6) is 0.451. The SMILES string of the molecule is Cc1cc(C(=O)N(C)CCOCCOc2ccc3c(c2)CC(=O)N3)c(C=O)[nH]1. The number of hydrogen-bond donors (Lipinski definition) is 2. The van der Waals surface area contributed by atoms with Crippen molar-refractivity contribution in [1.82, 2.24) is 9.88 Å². The predicted octanol–water partition coefficient (Wildman–Crippen LogP) is 1.80. The maximum atomic E-state index is 12.4. The zero-order valence-corrected chi connectivity index (χ0v) is 15.9. The van der Waals surface area contributed by atoms with Gasteiger partial charge in [-0.3, -0.25) is 14.4 Å². The molecule has 1 aliphatic heterocycles. The summed E-state index contributed by atoms with van der Waals surface area (Å²) < 4.78 is 11.2. The van der Waals surface area contributed by atoms with Crippen molar-refractivity contribution < 1.29 is 23.9 Å². The summed E-state index contributed by atoms with van der Waals surface area (Å²) in [5.41, 5.74) is 3.17. The number of likely N-dealkylation sites (N-methyl/N-ethyl adjacent to an activating group) is 1. The minimum absolute atomic E-state index is 0.00999. The Hall–Kier alpha value is -3.13. The molecule has 8 heteroatoms. The number of aryl methyl sites for hydroxylation is 1. The molecule has 28 heavy (non-hydrogen) atoms. The Bertz CT molecular complexity index is 890. The number of carbonyl (C=O) groups is 3. The van der Waals surface area contributed by atoms with Crippen molar-refractivity contribution in [1.29, 1.82) is 0 Å². The van der Waals surface area contributed by atoms with E-state index in [0.717, 1.165) is 16.9 Å². The third-order valence-corrected chi connectivity index (χ3v) is 4.45. The molecule has 0 spiro atoms. The van der Waals surface area contributed by atoms with E-state index in [1.54, 1.807) is 26.1 Å². The first kappa shape index (κ1) is 19.6. The number of aldehydes is 1. The van der Waals surface area contributed by atoms with Crippen molar-refractivity contribution in [2.75, 3.05) is 38.7 Å². The molecule has 3 rings (SSSR count). The van der Waals surface area contributed by atoms with Crippen LogP contribution in [0.4, 0.5) is 5.69 Å². The summed E-state index contributed by atoms with van der Waals surface area (Å²) >= 11 is 0. The summed E-state index contributed by atoms with van der Waals surface area (Å²) in [4.78, 5) is 39.2. The number of nitrogens with one attached hydrogen (secondary N) is 2. The van der Waals surface area contributed by atoms with Crippen LogP contribution in [0, 0.1) is 6.92 Å². The second-order valence-corrected chi connectivity index (χ2v) is 6.63. The van der Waals surface area contributed by atoms with Gasteiger partial charge in [0.1, 0.15) is 12.4 Å². The first-order chi connectivity index (χ1) is 13.5. The molecule has 0 saturated heterocycles. The van der Waals surface area contributed by atoms with Gasteiger partial charge in [0.2, 0.25) is 5.91 Å². The molecule has 2 N–H and O–H groups in total. The Morgan fingerprint density at radius 2 is 2.07 bits per heavy atom. The third-order valence-electron chi connectivity index (χ3n) is 4.45. The molecule has 0 aliphatic carbocycles. The van der Waals surface area contributed by atoms with Crippen molar-refractivity contribution in [3.63, 3.8) is 0 Å². The van der Waals surface area contributed by atoms with Gasteiger partial charge in [0.05, 0.1) is 30.9 Å². The van der Waals surface area contributed by atoms with Crippen LogP contribution in [0.1, 0.15) is 32.1 Å². The molecule has 8 nitrogen and oxygen atoms in total. The highest BCUT2D eigenvalue weighted by Gasteiger charge is 2.18. The van der Waals surface area contributed by atoms with E-state index in [-0.39, 0.29) is 17.5 Å². The molecule has 2 amide bonds. The second-order valence-electron chi connectivity index (χ2n) is 6.63. The van der Waals surface area contributed by atoms with E-state index >= 15 is 0 Å². The predicted molar refractivity (Wildman–Crippen MR) is 103 cm³/mol. The molecule has 1 aromatic heterocycles. The van der Waals surface area contributed by atoms with Crippen LogP contribution in [0.3, 0.4) is 0 Å². The summed E-state index contributed by atoms with van der Waals surface area (Å²) in [7, 11) is 1.67. The molecule has 1 aliphatic rings. The van der Waals surface area contributed by atoms with Gasteiger partial charge in [-0.25, -0.2) is 0 Å². The minimum atomic E-state index is -0.229. The van der Waals surface area contributed by atoms with Crippen molar-refractivity contribution in [3.8, 4) is 5.75 Å². The maximum absolute atomic E-state index is 12.4. The highest BCUT2D eigenvalue weighted by atomic mass is 16.5. The number of H-pyrrole nitrogens is 1. The van der Waals surface area contributed by atoms with Gasteiger partial charge in [-0.2, -0.15) is 0 Å². The lowest BCUT2D eigenvalue weighted by molar-refractivity contribution is -0.115. The smallest absolute Gasteiger partial charge is 0.255 e. The monoisotopic (exact) mass is 385 g/mol. The molecular formula is C20H23N3O5. The maximum Gasteiger partial charge on any atom is 0.255 e. The van der Waals surface area contributed by atoms with E-state index < -0.39 is 0 Å². The van der Waals surface area contributed by atoms with Crippen LogP contribution in [-0.4, -0.2) is 61.4 Å². The van der Waals surface area contributed by atoms with Crippen molar-refractivity contribution in [3.05, 3.63) is 46.8 Å². The average Bonchev–Trinajstić information content (AvgIpc) is 3.24. The van der Waals surface area contributed by atoms with Crippen LogP contribution in [-0.2, 0) is 16.0 Å². The normalized spacial score (nSPS) is 12.4. The number of hydrogen-bond acceptors (Lipinski definition) is 5. The number of carbonyl (C=O) groups excluding carboxylic acids is 3. The Balaban J connectivity index is 1.37. The molecule has 0 atom stereocenters. The molecule has 0 bridgehead atoms. The van der Waals surface area contributed by atoms with Crippen LogP contribution in [0.2, 0.25) is 0 Å². The largest absolute Gasteiger partial charge is 0.491 e. The number of aromatic amines is 1. The van der Waals surface area contributed by atoms with Crippen LogP contribution in [0.25, 0.3) is 0 Å². The van der Waals surface area contributed by atoms with Gasteiger partial charge in [0.25, 0.3) is 5.91 Å². The summed E-state index contributed by atoms with van der Waals surface area (Å²) in [6.45, 7) is 3.29. The van der Waals surface area contributed by atoms with E-state index in [1.807, 2.05) is 12.1 Å². The Labute approximate surface area is 162 Å². The highest BCUT2D eigenvalue weighted by Crippen LogP contribution is 2.27. The van der Waals surface area contributed by atoms with Gasteiger partial charge in [0.15, 0.2) is 6.29 Å². The van der Waals surface area contributed by atoms with Crippen LogP contribution >= 0.6 is 0 Å². The fourth-order valence-corrected chi connectivity index (χ4v) is 3.00. The van der Waals surface area contributed by atoms with E-state index in [0.29, 0.717) is 50.4 Å². The second kappa shape index (κ2) is 8.71. The zero-order chi connectivity index (χ0) is 20.1. The lowest BCUT2D eigenvalue weighted by Crippen LogP contribution is -2.31. The molecule has 1 aromatic carbocycles. The van der Waals surface area contributed by atoms with Gasteiger partial charge in [0, 0.05) is 25.0 Å². The molecule has 0 saturated carbocycles. The summed E-state index contributed by atoms with van der Waals surface area (Å²) in [6.07, 6.45) is 1.02. The molecule has 0 radical (unpaired) electrons. The first-order valence-corrected chi connectivity index (χ1v) is 9.01. The number of aromatic nitrogens is 1. The molecule has 0 fully saturated rings. The molecular weight excluding hydrogens is 362 g/mol. The Morgan fingerprint density at radius 3 is 2.86 bits per heavy atom. The molecule has 2 aromatic rings. The average molecular weight is 385 g/mol. The van der Waals surface area contributed by atoms with Gasteiger partial charge in [-0.15, -0.1) is 0 Å². The van der Waals surface area contributed by atoms with Crippen LogP contribution < -0.4 is 10.1 Å². The fraction of sp³-hybridized carbons (Fsp3) is 0.350. The van der Waals surface area contributed by atoms with Crippen LogP contribution in [0.5, 0.6) is 5.75 Å². The topological polar surface area (TPSA) is 101 Å². The van der Waals surface area contributed by atoms with E-state index in [4.69, 9.17) is 9.47 Å². The van der Waals surface area contributed by atoms with E-state index in [2.05, 4.69) is 10.3 Å². The molecule has 148 valence electrons. The minimum Gasteiger partial charge on any atom is -0.491 e. The molecule has 2 heterocycles. The first-order valence-electron chi connectivity index (χ1n) is 9.01. The number of fused-ring (bicyclic) bond motifs is 1. The van der Waals surface area contributed by atoms with Crippen molar-refractivity contribution >= 4 is 23.8 Å². The Kier molecular flexibility index (Phi) is 6.10. The van der Waals surface area contributed by atoms with Gasteiger partial charge >= 0.3 is 0 Å². The summed E-state index contributed by atoms with van der Waals surface area (Å²) in [6, 6.07) is 7.15. The number of benzene rings is 1. The van der Waals surface area contributed by atoms with Crippen LogP contribution in [0.15, 0.2) is 24.3 Å². The number of ether oxygens (including phenoxy) is 2. The third kappa shape index (κ3) is 4.58. The Morgan fingerprint density at radius 1 is 1.25 bits per heavy atom. The fourth-order valence-electron chi connectivity index (χ4n) is 3.00. The number of anilines is 1. The van der Waals surface area contributed by atoms with Gasteiger partial charge in [-0.05, 0) is 36.8 Å². The highest BCUT2D eigenvalue weighted by molar-refractivity contribution is 6.01. The van der Waals surface area contributed by atoms with Gasteiger partial charge < -0.3 is 24.7 Å². The lowest BCUT2D eigenvalue weighted by Gasteiger charge is -2.17. The number of nitrogens with zero attached hydrogens (tertiary/aromatic N) is 1. The number of amides is 2. The zero-order valence-electron chi connectivity index (χ0n) is 15.9. The standard InChI is InChI=1S/C20H23N3O5/c1-13-9-16(18(12-24)21-13)20(26)23(2)5-6-27-7-8-28-15-3-4-17-14(10-15)11-19(25)22-17/h3-4,9-10,12,21H,5-8,11H2,1-2H3,(H,22,25). The number of rotatable bonds is 9. The van der Waals surface area contributed by atoms with E-state index in [9.17, 15) is 14.4 Å². The van der Waals surface area contributed by atoms with Gasteiger partial charge in [-0.1, -0.05) is 0 Å². The van der Waals surface area contributed by atoms with Crippen molar-refractivity contribution in [2.24, 2.45) is 0 Å². The van der Waals surface area contributed by atoms with Crippen molar-refractivity contribution in [2.45, 2.75) is 13.3 Å². The quantitative estimate of drug-likeness (QED) is 0.506. The summed E-state index contributed by atoms with van der Waals surface area (Å²) in [5, 5.41) is 2.78. The molecule has 0 unspecified atom stereocenters. The van der Waals surface area contributed by atoms with E-state index in [1.165, 1.54) is 4.90 Å².